The lowest BCUT2D eigenvalue weighted by Gasteiger charge is -2.05. The van der Waals surface area contributed by atoms with Gasteiger partial charge < -0.3 is 10.3 Å². The summed E-state index contributed by atoms with van der Waals surface area (Å²) in [5.41, 5.74) is 2.47. The highest BCUT2D eigenvalue weighted by Crippen LogP contribution is 2.11. The molecule has 0 spiro atoms. The number of amides is 1. The second-order valence-corrected chi connectivity index (χ2v) is 5.16. The van der Waals surface area contributed by atoms with Gasteiger partial charge in [0.25, 0.3) is 5.91 Å². The van der Waals surface area contributed by atoms with Crippen molar-refractivity contribution in [1.82, 2.24) is 15.3 Å². The highest BCUT2D eigenvalue weighted by Gasteiger charge is 2.06. The monoisotopic (exact) mass is 273 g/mol. The first-order valence-corrected chi connectivity index (χ1v) is 7.52. The minimum Gasteiger partial charge on any atom is -0.352 e. The Kier molecular flexibility index (Phi) is 5.59. The second-order valence-electron chi connectivity index (χ2n) is 5.16. The molecule has 0 radical (unpaired) electrons. The minimum atomic E-state index is -0.00458. The molecule has 1 heterocycles. The topological polar surface area (TPSA) is 57.8 Å². The molecule has 0 aliphatic carbocycles. The lowest BCUT2D eigenvalue weighted by molar-refractivity contribution is 0.0953. The molecule has 1 aromatic carbocycles. The predicted octanol–water partition coefficient (Wildman–Crippen LogP) is 3.65. The van der Waals surface area contributed by atoms with Crippen molar-refractivity contribution in [3.05, 3.63) is 30.1 Å². The SMILES string of the molecule is CCCCCCCCNC(=O)c1ccc2nc[nH]c2c1. The first-order chi connectivity index (χ1) is 9.81. The number of hydrogen-bond donors (Lipinski definition) is 2. The number of hydrogen-bond acceptors (Lipinski definition) is 2. The van der Waals surface area contributed by atoms with Crippen molar-refractivity contribution in [3.8, 4) is 0 Å². The van der Waals surface area contributed by atoms with E-state index in [1.807, 2.05) is 18.2 Å². The molecule has 0 atom stereocenters. The summed E-state index contributed by atoms with van der Waals surface area (Å²) >= 11 is 0. The Labute approximate surface area is 120 Å². The number of carbonyl (C=O) groups is 1. The van der Waals surface area contributed by atoms with E-state index in [1.165, 1.54) is 32.1 Å². The van der Waals surface area contributed by atoms with Crippen LogP contribution in [0.15, 0.2) is 24.5 Å². The standard InChI is InChI=1S/C16H23N3O/c1-2-3-4-5-6-7-10-17-16(20)13-8-9-14-15(11-13)19-12-18-14/h8-9,11-12H,2-7,10H2,1H3,(H,17,20)(H,18,19). The summed E-state index contributed by atoms with van der Waals surface area (Å²) < 4.78 is 0. The van der Waals surface area contributed by atoms with E-state index in [1.54, 1.807) is 6.33 Å². The van der Waals surface area contributed by atoms with Gasteiger partial charge in [-0.25, -0.2) is 4.98 Å². The first-order valence-electron chi connectivity index (χ1n) is 7.52. The highest BCUT2D eigenvalue weighted by atomic mass is 16.1. The number of rotatable bonds is 8. The molecule has 0 fully saturated rings. The minimum absolute atomic E-state index is 0.00458. The van der Waals surface area contributed by atoms with Crippen LogP contribution in [0, 0.1) is 0 Å². The number of imidazole rings is 1. The van der Waals surface area contributed by atoms with Crippen LogP contribution in [0.2, 0.25) is 0 Å². The molecule has 0 aliphatic rings. The van der Waals surface area contributed by atoms with Gasteiger partial charge in [0.05, 0.1) is 17.4 Å². The van der Waals surface area contributed by atoms with Crippen molar-refractivity contribution >= 4 is 16.9 Å². The van der Waals surface area contributed by atoms with Gasteiger partial charge in [-0.3, -0.25) is 4.79 Å². The van der Waals surface area contributed by atoms with Crippen LogP contribution in [0.4, 0.5) is 0 Å². The van der Waals surface area contributed by atoms with Crippen molar-refractivity contribution in [2.24, 2.45) is 0 Å². The van der Waals surface area contributed by atoms with Gasteiger partial charge in [-0.2, -0.15) is 0 Å². The summed E-state index contributed by atoms with van der Waals surface area (Å²) in [5, 5.41) is 2.97. The molecule has 108 valence electrons. The number of fused-ring (bicyclic) bond motifs is 1. The Bertz CT molecular complexity index is 547. The number of aromatic nitrogens is 2. The first kappa shape index (κ1) is 14.6. The Balaban J connectivity index is 1.71. The zero-order chi connectivity index (χ0) is 14.2. The van der Waals surface area contributed by atoms with E-state index < -0.39 is 0 Å². The molecule has 1 amide bonds. The molecule has 2 N–H and O–H groups in total. The van der Waals surface area contributed by atoms with Crippen molar-refractivity contribution in [3.63, 3.8) is 0 Å². The van der Waals surface area contributed by atoms with Gasteiger partial charge in [-0.1, -0.05) is 39.0 Å². The Morgan fingerprint density at radius 3 is 2.85 bits per heavy atom. The van der Waals surface area contributed by atoms with Gasteiger partial charge >= 0.3 is 0 Å². The predicted molar refractivity (Wildman–Crippen MR) is 81.8 cm³/mol. The summed E-state index contributed by atoms with van der Waals surface area (Å²) in [6.45, 7) is 2.97. The maximum Gasteiger partial charge on any atom is 0.251 e. The zero-order valence-corrected chi connectivity index (χ0v) is 12.1. The van der Waals surface area contributed by atoms with Crippen LogP contribution in [0.5, 0.6) is 0 Å². The number of unbranched alkanes of at least 4 members (excludes halogenated alkanes) is 5. The fraction of sp³-hybridized carbons (Fsp3) is 0.500. The molecule has 0 saturated carbocycles. The molecule has 0 aliphatic heterocycles. The van der Waals surface area contributed by atoms with E-state index in [0.717, 1.165) is 24.0 Å². The molecule has 4 nitrogen and oxygen atoms in total. The lowest BCUT2D eigenvalue weighted by atomic mass is 10.1. The average Bonchev–Trinajstić information content (AvgIpc) is 2.93. The van der Waals surface area contributed by atoms with Crippen LogP contribution in [0.25, 0.3) is 11.0 Å². The Morgan fingerprint density at radius 2 is 2.00 bits per heavy atom. The lowest BCUT2D eigenvalue weighted by Crippen LogP contribution is -2.24. The normalized spacial score (nSPS) is 10.8. The number of carbonyl (C=O) groups excluding carboxylic acids is 1. The third-order valence-corrected chi connectivity index (χ3v) is 3.50. The number of H-pyrrole nitrogens is 1. The van der Waals surface area contributed by atoms with Gasteiger partial charge in [-0.15, -0.1) is 0 Å². The fourth-order valence-electron chi connectivity index (χ4n) is 2.29. The smallest absolute Gasteiger partial charge is 0.251 e. The van der Waals surface area contributed by atoms with E-state index in [4.69, 9.17) is 0 Å². The van der Waals surface area contributed by atoms with Crippen LogP contribution in [-0.2, 0) is 0 Å². The third-order valence-electron chi connectivity index (χ3n) is 3.50. The summed E-state index contributed by atoms with van der Waals surface area (Å²) in [5.74, 6) is -0.00458. The van der Waals surface area contributed by atoms with E-state index >= 15 is 0 Å². The third kappa shape index (κ3) is 4.08. The van der Waals surface area contributed by atoms with Gasteiger partial charge in [-0.05, 0) is 24.6 Å². The molecule has 0 unspecified atom stereocenters. The number of nitrogens with zero attached hydrogens (tertiary/aromatic N) is 1. The number of nitrogens with one attached hydrogen (secondary N) is 2. The fourth-order valence-corrected chi connectivity index (χ4v) is 2.29. The van der Waals surface area contributed by atoms with Crippen molar-refractivity contribution in [2.45, 2.75) is 45.4 Å². The van der Waals surface area contributed by atoms with Gasteiger partial charge in [0, 0.05) is 12.1 Å². The number of benzene rings is 1. The molecule has 0 bridgehead atoms. The van der Waals surface area contributed by atoms with E-state index in [9.17, 15) is 4.79 Å². The second kappa shape index (κ2) is 7.68. The van der Waals surface area contributed by atoms with Crippen molar-refractivity contribution < 1.29 is 4.79 Å². The Hall–Kier alpha value is -1.84. The van der Waals surface area contributed by atoms with Crippen LogP contribution < -0.4 is 5.32 Å². The quantitative estimate of drug-likeness (QED) is 0.721. The van der Waals surface area contributed by atoms with E-state index in [2.05, 4.69) is 22.2 Å². The summed E-state index contributed by atoms with van der Waals surface area (Å²) in [7, 11) is 0. The zero-order valence-electron chi connectivity index (χ0n) is 12.1. The van der Waals surface area contributed by atoms with Gasteiger partial charge in [0.15, 0.2) is 0 Å². The molecular weight excluding hydrogens is 250 g/mol. The molecule has 1 aromatic heterocycles. The van der Waals surface area contributed by atoms with Crippen LogP contribution in [0.1, 0.15) is 55.8 Å². The van der Waals surface area contributed by atoms with Gasteiger partial charge in [0.1, 0.15) is 0 Å². The molecule has 4 heteroatoms. The maximum atomic E-state index is 12.0. The van der Waals surface area contributed by atoms with Crippen LogP contribution in [0.3, 0.4) is 0 Å². The van der Waals surface area contributed by atoms with Crippen molar-refractivity contribution in [2.75, 3.05) is 6.54 Å². The van der Waals surface area contributed by atoms with Crippen molar-refractivity contribution in [1.29, 1.82) is 0 Å². The van der Waals surface area contributed by atoms with E-state index in [0.29, 0.717) is 5.56 Å². The highest BCUT2D eigenvalue weighted by molar-refractivity contribution is 5.97. The van der Waals surface area contributed by atoms with E-state index in [-0.39, 0.29) is 5.91 Å². The summed E-state index contributed by atoms with van der Waals surface area (Å²) in [4.78, 5) is 19.2. The summed E-state index contributed by atoms with van der Waals surface area (Å²) in [6, 6.07) is 5.53. The molecule has 2 aromatic rings. The Morgan fingerprint density at radius 1 is 1.20 bits per heavy atom. The molecule has 2 rings (SSSR count). The van der Waals surface area contributed by atoms with Crippen LogP contribution in [-0.4, -0.2) is 22.4 Å². The molecule has 20 heavy (non-hydrogen) atoms. The molecular formula is C16H23N3O. The van der Waals surface area contributed by atoms with Gasteiger partial charge in [0.2, 0.25) is 0 Å². The van der Waals surface area contributed by atoms with Crippen LogP contribution >= 0.6 is 0 Å². The number of aromatic amines is 1. The summed E-state index contributed by atoms with van der Waals surface area (Å²) in [6.07, 6.45) is 9.05. The average molecular weight is 273 g/mol. The maximum absolute atomic E-state index is 12.0. The largest absolute Gasteiger partial charge is 0.352 e. The molecule has 0 saturated heterocycles.